The van der Waals surface area contributed by atoms with Gasteiger partial charge in [0, 0.05) is 23.1 Å². The van der Waals surface area contributed by atoms with E-state index in [0.29, 0.717) is 12.1 Å². The smallest absolute Gasteiger partial charge is 0.355 e. The van der Waals surface area contributed by atoms with Crippen LogP contribution in [0.25, 0.3) is 0 Å². The Labute approximate surface area is 120 Å². The van der Waals surface area contributed by atoms with Gasteiger partial charge in [-0.3, -0.25) is 4.79 Å². The second-order valence-electron chi connectivity index (χ2n) is 4.95. The summed E-state index contributed by atoms with van der Waals surface area (Å²) in [6.45, 7) is 4.23. The van der Waals surface area contributed by atoms with Crippen LogP contribution in [0.4, 0.5) is 0 Å². The third-order valence-corrected chi connectivity index (χ3v) is 3.51. The van der Waals surface area contributed by atoms with E-state index in [1.807, 2.05) is 24.6 Å². The van der Waals surface area contributed by atoms with Gasteiger partial charge in [-0.25, -0.2) is 4.79 Å². The van der Waals surface area contributed by atoms with Gasteiger partial charge >= 0.3 is 5.97 Å². The lowest BCUT2D eigenvalue weighted by molar-refractivity contribution is -0.119. The predicted molar refractivity (Wildman–Crippen MR) is 74.0 cm³/mol. The molecule has 1 amide bonds. The second-order valence-corrected chi connectivity index (χ2v) is 5.86. The SMILES string of the molecule is CC(C)n1cc(Br)cc1C(=O)OCC1CCC(=O)N1. The van der Waals surface area contributed by atoms with E-state index in [-0.39, 0.29) is 30.6 Å². The molecule has 0 saturated carbocycles. The zero-order valence-electron chi connectivity index (χ0n) is 11.0. The molecule has 6 heteroatoms. The first-order chi connectivity index (χ1) is 8.97. The predicted octanol–water partition coefficient (Wildman–Crippen LogP) is 2.27. The first-order valence-corrected chi connectivity index (χ1v) is 7.10. The van der Waals surface area contributed by atoms with Crippen molar-refractivity contribution in [1.29, 1.82) is 0 Å². The minimum atomic E-state index is -0.361. The van der Waals surface area contributed by atoms with E-state index in [9.17, 15) is 9.59 Å². The van der Waals surface area contributed by atoms with E-state index in [0.717, 1.165) is 10.9 Å². The quantitative estimate of drug-likeness (QED) is 0.862. The van der Waals surface area contributed by atoms with Crippen molar-refractivity contribution in [3.05, 3.63) is 22.4 Å². The van der Waals surface area contributed by atoms with Gasteiger partial charge in [0.2, 0.25) is 5.91 Å². The number of ether oxygens (including phenoxy) is 1. The van der Waals surface area contributed by atoms with Crippen LogP contribution in [0.15, 0.2) is 16.7 Å². The maximum absolute atomic E-state index is 12.0. The molecule has 0 aromatic carbocycles. The maximum atomic E-state index is 12.0. The molecule has 0 aliphatic carbocycles. The fourth-order valence-corrected chi connectivity index (χ4v) is 2.53. The number of hydrogen-bond donors (Lipinski definition) is 1. The molecular weight excluding hydrogens is 312 g/mol. The van der Waals surface area contributed by atoms with E-state index in [1.54, 1.807) is 6.07 Å². The molecule has 1 atom stereocenters. The summed E-state index contributed by atoms with van der Waals surface area (Å²) in [5.74, 6) is -0.338. The van der Waals surface area contributed by atoms with Crippen LogP contribution in [0.2, 0.25) is 0 Å². The standard InChI is InChI=1S/C13H17BrN2O3/c1-8(2)16-6-9(14)5-11(16)13(18)19-7-10-3-4-12(17)15-10/h5-6,8,10H,3-4,7H2,1-2H3,(H,15,17). The Morgan fingerprint density at radius 2 is 2.37 bits per heavy atom. The van der Waals surface area contributed by atoms with E-state index in [4.69, 9.17) is 4.74 Å². The Hall–Kier alpha value is -1.30. The molecule has 1 aliphatic rings. The summed E-state index contributed by atoms with van der Waals surface area (Å²) in [6, 6.07) is 1.87. The number of nitrogens with one attached hydrogen (secondary N) is 1. The molecule has 0 radical (unpaired) electrons. The molecule has 5 nitrogen and oxygen atoms in total. The number of aromatic nitrogens is 1. The Morgan fingerprint density at radius 3 is 2.95 bits per heavy atom. The summed E-state index contributed by atoms with van der Waals surface area (Å²) >= 11 is 3.36. The Kier molecular flexibility index (Phi) is 4.29. The zero-order chi connectivity index (χ0) is 14.0. The summed E-state index contributed by atoms with van der Waals surface area (Å²) < 4.78 is 7.98. The monoisotopic (exact) mass is 328 g/mol. The zero-order valence-corrected chi connectivity index (χ0v) is 12.6. The van der Waals surface area contributed by atoms with Gasteiger partial charge in [0.25, 0.3) is 0 Å². The first kappa shape index (κ1) is 14.1. The van der Waals surface area contributed by atoms with E-state index >= 15 is 0 Å². The number of nitrogens with zero attached hydrogens (tertiary/aromatic N) is 1. The number of hydrogen-bond acceptors (Lipinski definition) is 3. The number of esters is 1. The van der Waals surface area contributed by atoms with Crippen LogP contribution in [0, 0.1) is 0 Å². The second kappa shape index (κ2) is 5.77. The van der Waals surface area contributed by atoms with Crippen molar-refractivity contribution in [3.63, 3.8) is 0 Å². The molecule has 1 fully saturated rings. The van der Waals surface area contributed by atoms with Gasteiger partial charge < -0.3 is 14.6 Å². The van der Waals surface area contributed by atoms with Gasteiger partial charge in [-0.05, 0) is 42.3 Å². The maximum Gasteiger partial charge on any atom is 0.355 e. The number of rotatable bonds is 4. The summed E-state index contributed by atoms with van der Waals surface area (Å²) in [4.78, 5) is 23.1. The van der Waals surface area contributed by atoms with Crippen molar-refractivity contribution in [1.82, 2.24) is 9.88 Å². The highest BCUT2D eigenvalue weighted by atomic mass is 79.9. The molecule has 0 spiro atoms. The van der Waals surface area contributed by atoms with Crippen molar-refractivity contribution in [2.24, 2.45) is 0 Å². The topological polar surface area (TPSA) is 60.3 Å². The molecule has 1 saturated heterocycles. The fraction of sp³-hybridized carbons (Fsp3) is 0.538. The van der Waals surface area contributed by atoms with E-state index in [2.05, 4.69) is 21.2 Å². The minimum absolute atomic E-state index is 0.0225. The summed E-state index contributed by atoms with van der Waals surface area (Å²) in [5.41, 5.74) is 0.520. The summed E-state index contributed by atoms with van der Waals surface area (Å²) in [6.07, 6.45) is 3.09. The Morgan fingerprint density at radius 1 is 1.63 bits per heavy atom. The average molecular weight is 329 g/mol. The highest BCUT2D eigenvalue weighted by Crippen LogP contribution is 2.20. The Bertz CT molecular complexity index is 496. The fourth-order valence-electron chi connectivity index (χ4n) is 2.09. The summed E-state index contributed by atoms with van der Waals surface area (Å²) in [5, 5.41) is 2.77. The van der Waals surface area contributed by atoms with Crippen molar-refractivity contribution in [2.75, 3.05) is 6.61 Å². The van der Waals surface area contributed by atoms with Crippen LogP contribution >= 0.6 is 15.9 Å². The molecular formula is C13H17BrN2O3. The van der Waals surface area contributed by atoms with Crippen molar-refractivity contribution in [3.8, 4) is 0 Å². The lowest BCUT2D eigenvalue weighted by Crippen LogP contribution is -2.31. The molecule has 1 N–H and O–H groups in total. The minimum Gasteiger partial charge on any atom is -0.459 e. The lowest BCUT2D eigenvalue weighted by atomic mass is 10.2. The average Bonchev–Trinajstić information content (AvgIpc) is 2.92. The van der Waals surface area contributed by atoms with Crippen LogP contribution in [0.5, 0.6) is 0 Å². The van der Waals surface area contributed by atoms with Crippen LogP contribution in [0.3, 0.4) is 0 Å². The molecule has 1 aliphatic heterocycles. The number of amides is 1. The molecule has 1 aromatic rings. The van der Waals surface area contributed by atoms with Crippen molar-refractivity contribution >= 4 is 27.8 Å². The van der Waals surface area contributed by atoms with Gasteiger partial charge in [-0.1, -0.05) is 0 Å². The van der Waals surface area contributed by atoms with Gasteiger partial charge in [0.05, 0.1) is 6.04 Å². The Balaban J connectivity index is 1.98. The number of carbonyl (C=O) groups excluding carboxylic acids is 2. The van der Waals surface area contributed by atoms with Crippen LogP contribution in [-0.4, -0.2) is 29.1 Å². The first-order valence-electron chi connectivity index (χ1n) is 6.31. The van der Waals surface area contributed by atoms with E-state index in [1.165, 1.54) is 0 Å². The van der Waals surface area contributed by atoms with Gasteiger partial charge in [0.1, 0.15) is 12.3 Å². The molecule has 1 unspecified atom stereocenters. The van der Waals surface area contributed by atoms with Gasteiger partial charge in [-0.15, -0.1) is 0 Å². The van der Waals surface area contributed by atoms with Crippen LogP contribution < -0.4 is 5.32 Å². The van der Waals surface area contributed by atoms with Crippen LogP contribution in [-0.2, 0) is 9.53 Å². The molecule has 2 rings (SSSR count). The van der Waals surface area contributed by atoms with Gasteiger partial charge in [0.15, 0.2) is 0 Å². The highest BCUT2D eigenvalue weighted by Gasteiger charge is 2.23. The highest BCUT2D eigenvalue weighted by molar-refractivity contribution is 9.10. The number of halogens is 1. The molecule has 19 heavy (non-hydrogen) atoms. The van der Waals surface area contributed by atoms with E-state index < -0.39 is 0 Å². The molecule has 2 heterocycles. The number of carbonyl (C=O) groups is 2. The normalized spacial score (nSPS) is 18.7. The van der Waals surface area contributed by atoms with Crippen molar-refractivity contribution < 1.29 is 14.3 Å². The lowest BCUT2D eigenvalue weighted by Gasteiger charge is -2.14. The van der Waals surface area contributed by atoms with Gasteiger partial charge in [-0.2, -0.15) is 0 Å². The molecule has 104 valence electrons. The molecule has 0 bridgehead atoms. The molecule has 1 aromatic heterocycles. The third-order valence-electron chi connectivity index (χ3n) is 3.08. The van der Waals surface area contributed by atoms with Crippen molar-refractivity contribution in [2.45, 2.75) is 38.8 Å². The summed E-state index contributed by atoms with van der Waals surface area (Å²) in [7, 11) is 0. The largest absolute Gasteiger partial charge is 0.459 e. The third kappa shape index (κ3) is 3.37. The van der Waals surface area contributed by atoms with Crippen LogP contribution in [0.1, 0.15) is 43.2 Å².